The molecule has 2 amide bonds. The predicted octanol–water partition coefficient (Wildman–Crippen LogP) is 5.04. The molecule has 0 atom stereocenters. The lowest BCUT2D eigenvalue weighted by molar-refractivity contribution is 0.262. The maximum Gasteiger partial charge on any atom is 0.324 e. The number of hydrogen-bond acceptors (Lipinski definition) is 4. The first-order valence-corrected chi connectivity index (χ1v) is 9.12. The molecule has 0 saturated heterocycles. The van der Waals surface area contributed by atoms with Gasteiger partial charge in [0.15, 0.2) is 17.3 Å². The number of carbonyl (C=O) groups excluding carboxylic acids is 1. The molecule has 0 unspecified atom stereocenters. The summed E-state index contributed by atoms with van der Waals surface area (Å²) in [6, 6.07) is 8.77. The molecule has 0 saturated carbocycles. The van der Waals surface area contributed by atoms with Crippen LogP contribution >= 0.6 is 23.2 Å². The van der Waals surface area contributed by atoms with Crippen molar-refractivity contribution in [2.45, 2.75) is 6.54 Å². The van der Waals surface area contributed by atoms with E-state index in [4.69, 9.17) is 32.7 Å². The van der Waals surface area contributed by atoms with Gasteiger partial charge < -0.3 is 14.8 Å². The van der Waals surface area contributed by atoms with Crippen LogP contribution in [0, 0.1) is 5.82 Å². The maximum absolute atomic E-state index is 14.0. The Labute approximate surface area is 176 Å². The van der Waals surface area contributed by atoms with Gasteiger partial charge in [0.2, 0.25) is 0 Å². The monoisotopic (exact) mass is 438 g/mol. The van der Waals surface area contributed by atoms with E-state index in [-0.39, 0.29) is 28.0 Å². The van der Waals surface area contributed by atoms with Crippen molar-refractivity contribution >= 4 is 40.7 Å². The molecular weight excluding hydrogens is 422 g/mol. The van der Waals surface area contributed by atoms with Crippen LogP contribution in [0.5, 0.6) is 11.5 Å². The molecule has 0 aliphatic carbocycles. The highest BCUT2D eigenvalue weighted by atomic mass is 35.5. The second kappa shape index (κ2) is 9.02. The third-order valence-corrected chi connectivity index (χ3v) is 4.60. The number of halogens is 3. The van der Waals surface area contributed by atoms with E-state index < -0.39 is 11.8 Å². The van der Waals surface area contributed by atoms with Crippen LogP contribution < -0.4 is 20.1 Å². The van der Waals surface area contributed by atoms with E-state index >= 15 is 0 Å². The summed E-state index contributed by atoms with van der Waals surface area (Å²) in [6.07, 6.45) is 1.47. The average Bonchev–Trinajstić information content (AvgIpc) is 3.03. The van der Waals surface area contributed by atoms with Crippen molar-refractivity contribution in [3.05, 3.63) is 64.0 Å². The van der Waals surface area contributed by atoms with Gasteiger partial charge in [-0.1, -0.05) is 29.3 Å². The molecule has 1 heterocycles. The van der Waals surface area contributed by atoms with Gasteiger partial charge in [0, 0.05) is 28.5 Å². The fourth-order valence-corrected chi connectivity index (χ4v) is 3.01. The minimum Gasteiger partial charge on any atom is -0.493 e. The number of aromatic nitrogens is 2. The third kappa shape index (κ3) is 4.90. The van der Waals surface area contributed by atoms with Gasteiger partial charge >= 0.3 is 6.03 Å². The summed E-state index contributed by atoms with van der Waals surface area (Å²) in [4.78, 5) is 12.3. The van der Waals surface area contributed by atoms with Gasteiger partial charge in [-0.25, -0.2) is 9.18 Å². The van der Waals surface area contributed by atoms with Crippen LogP contribution in [0.2, 0.25) is 10.0 Å². The zero-order valence-corrected chi connectivity index (χ0v) is 17.0. The van der Waals surface area contributed by atoms with E-state index in [1.165, 1.54) is 37.2 Å². The van der Waals surface area contributed by atoms with Crippen molar-refractivity contribution in [3.63, 3.8) is 0 Å². The summed E-state index contributed by atoms with van der Waals surface area (Å²) < 4.78 is 25.7. The zero-order chi connectivity index (χ0) is 21.0. The highest BCUT2D eigenvalue weighted by Gasteiger charge is 2.14. The fourth-order valence-electron chi connectivity index (χ4n) is 2.59. The van der Waals surface area contributed by atoms with Gasteiger partial charge in [-0.3, -0.25) is 10.00 Å². The number of urea groups is 1. The molecule has 0 spiro atoms. The maximum atomic E-state index is 14.0. The first kappa shape index (κ1) is 20.8. The van der Waals surface area contributed by atoms with Crippen molar-refractivity contribution in [2.24, 2.45) is 0 Å². The van der Waals surface area contributed by atoms with Crippen molar-refractivity contribution in [2.75, 3.05) is 24.9 Å². The second-order valence-electron chi connectivity index (χ2n) is 5.87. The standard InChI is InChI=1S/C19H17Cl2FN4O3/c1-28-16-7-6-11(8-17(16)29-2)23-19(27)24-18-14(21)10-26(25-18)9-12-13(20)4-3-5-15(12)22/h3-8,10H,9H2,1-2H3,(H2,23,24,25,27). The summed E-state index contributed by atoms with van der Waals surface area (Å²) >= 11 is 12.2. The van der Waals surface area contributed by atoms with E-state index in [1.807, 2.05) is 0 Å². The van der Waals surface area contributed by atoms with Crippen LogP contribution in [0.3, 0.4) is 0 Å². The lowest BCUT2D eigenvalue weighted by Gasteiger charge is -2.10. The number of methoxy groups -OCH3 is 2. The number of benzene rings is 2. The molecule has 10 heteroatoms. The third-order valence-electron chi connectivity index (χ3n) is 3.97. The summed E-state index contributed by atoms with van der Waals surface area (Å²) in [6.45, 7) is 0.0597. The summed E-state index contributed by atoms with van der Waals surface area (Å²) in [5.41, 5.74) is 0.753. The number of carbonyl (C=O) groups is 1. The van der Waals surface area contributed by atoms with E-state index in [0.717, 1.165) is 0 Å². The highest BCUT2D eigenvalue weighted by Crippen LogP contribution is 2.30. The molecule has 7 nitrogen and oxygen atoms in total. The largest absolute Gasteiger partial charge is 0.493 e. The topological polar surface area (TPSA) is 77.4 Å². The van der Waals surface area contributed by atoms with Crippen molar-refractivity contribution in [3.8, 4) is 11.5 Å². The van der Waals surface area contributed by atoms with Crippen molar-refractivity contribution in [1.29, 1.82) is 0 Å². The number of rotatable bonds is 6. The second-order valence-corrected chi connectivity index (χ2v) is 6.69. The Bertz CT molecular complexity index is 1020. The van der Waals surface area contributed by atoms with Crippen LogP contribution in [0.15, 0.2) is 42.6 Å². The van der Waals surface area contributed by atoms with Crippen molar-refractivity contribution < 1.29 is 18.7 Å². The van der Waals surface area contributed by atoms with Gasteiger partial charge in [-0.05, 0) is 24.3 Å². The van der Waals surface area contributed by atoms with E-state index in [0.29, 0.717) is 17.2 Å². The minimum atomic E-state index is -0.562. The Morgan fingerprint density at radius 3 is 2.55 bits per heavy atom. The molecule has 0 aliphatic rings. The molecular formula is C19H17Cl2FN4O3. The summed E-state index contributed by atoms with van der Waals surface area (Å²) in [7, 11) is 3.01. The van der Waals surface area contributed by atoms with Crippen LogP contribution in [0.25, 0.3) is 0 Å². The number of nitrogens with zero attached hydrogens (tertiary/aromatic N) is 2. The number of hydrogen-bond donors (Lipinski definition) is 2. The molecule has 0 radical (unpaired) electrons. The molecule has 0 fully saturated rings. The van der Waals surface area contributed by atoms with Gasteiger partial charge in [0.25, 0.3) is 0 Å². The number of amides is 2. The van der Waals surface area contributed by atoms with Crippen LogP contribution in [-0.4, -0.2) is 30.0 Å². The zero-order valence-electron chi connectivity index (χ0n) is 15.5. The molecule has 0 aliphatic heterocycles. The molecule has 0 bridgehead atoms. The van der Waals surface area contributed by atoms with E-state index in [9.17, 15) is 9.18 Å². The Morgan fingerprint density at radius 1 is 1.10 bits per heavy atom. The quantitative estimate of drug-likeness (QED) is 0.564. The Balaban J connectivity index is 1.70. The van der Waals surface area contributed by atoms with E-state index in [2.05, 4.69) is 15.7 Å². The number of nitrogens with one attached hydrogen (secondary N) is 2. The first-order valence-electron chi connectivity index (χ1n) is 8.37. The average molecular weight is 439 g/mol. The normalized spacial score (nSPS) is 10.5. The predicted molar refractivity (Wildman–Crippen MR) is 110 cm³/mol. The highest BCUT2D eigenvalue weighted by molar-refractivity contribution is 6.33. The first-order chi connectivity index (χ1) is 13.9. The smallest absolute Gasteiger partial charge is 0.324 e. The Hall–Kier alpha value is -2.97. The summed E-state index contributed by atoms with van der Waals surface area (Å²) in [5, 5.41) is 9.84. The number of anilines is 2. The van der Waals surface area contributed by atoms with Crippen LogP contribution in [0.4, 0.5) is 20.7 Å². The van der Waals surface area contributed by atoms with Crippen molar-refractivity contribution in [1.82, 2.24) is 9.78 Å². The van der Waals surface area contributed by atoms with Gasteiger partial charge in [0.05, 0.1) is 20.8 Å². The molecule has 1 aromatic heterocycles. The van der Waals surface area contributed by atoms with E-state index in [1.54, 1.807) is 24.3 Å². The SMILES string of the molecule is COc1ccc(NC(=O)Nc2nn(Cc3c(F)cccc3Cl)cc2Cl)cc1OC. The molecule has 2 N–H and O–H groups in total. The lowest BCUT2D eigenvalue weighted by atomic mass is 10.2. The molecule has 29 heavy (non-hydrogen) atoms. The summed E-state index contributed by atoms with van der Waals surface area (Å²) in [5.74, 6) is 0.670. The lowest BCUT2D eigenvalue weighted by Crippen LogP contribution is -2.20. The van der Waals surface area contributed by atoms with Gasteiger partial charge in [0.1, 0.15) is 10.8 Å². The molecule has 3 aromatic rings. The van der Waals surface area contributed by atoms with Crippen LogP contribution in [0.1, 0.15) is 5.56 Å². The number of ether oxygens (including phenoxy) is 2. The Kier molecular flexibility index (Phi) is 6.46. The fraction of sp³-hybridized carbons (Fsp3) is 0.158. The molecule has 3 rings (SSSR count). The van der Waals surface area contributed by atoms with Crippen LogP contribution in [-0.2, 0) is 6.54 Å². The van der Waals surface area contributed by atoms with Gasteiger partial charge in [-0.2, -0.15) is 5.10 Å². The molecule has 152 valence electrons. The Morgan fingerprint density at radius 2 is 1.86 bits per heavy atom. The molecule has 2 aromatic carbocycles. The minimum absolute atomic E-state index is 0.0597. The van der Waals surface area contributed by atoms with Gasteiger partial charge in [-0.15, -0.1) is 0 Å².